The van der Waals surface area contributed by atoms with E-state index in [1.54, 1.807) is 0 Å². The van der Waals surface area contributed by atoms with Crippen LogP contribution in [0.1, 0.15) is 348 Å². The molecule has 6 heteroatoms. The van der Waals surface area contributed by atoms with Gasteiger partial charge < -0.3 is 14.2 Å². The largest absolute Gasteiger partial charge is 0.462 e. The monoisotopic (exact) mass is 1060 g/mol. The van der Waals surface area contributed by atoms with E-state index in [2.05, 4.69) is 81.5 Å². The average molecular weight is 1060 g/mol. The molecule has 0 aromatic carbocycles. The van der Waals surface area contributed by atoms with Gasteiger partial charge in [-0.3, -0.25) is 14.4 Å². The molecule has 0 heterocycles. The molecule has 0 spiro atoms. The predicted molar refractivity (Wildman–Crippen MR) is 330 cm³/mol. The molecule has 0 saturated carbocycles. The highest BCUT2D eigenvalue weighted by Gasteiger charge is 2.19. The van der Waals surface area contributed by atoms with Crippen molar-refractivity contribution in [3.05, 3.63) is 60.8 Å². The molecule has 0 saturated heterocycles. The van der Waals surface area contributed by atoms with Crippen LogP contribution in [-0.2, 0) is 28.6 Å². The van der Waals surface area contributed by atoms with Crippen LogP contribution >= 0.6 is 0 Å². The van der Waals surface area contributed by atoms with Gasteiger partial charge in [-0.2, -0.15) is 0 Å². The number of esters is 3. The maximum absolute atomic E-state index is 12.9. The van der Waals surface area contributed by atoms with Crippen molar-refractivity contribution in [1.29, 1.82) is 0 Å². The number of carbonyl (C=O) groups excluding carboxylic acids is 3. The topological polar surface area (TPSA) is 78.9 Å². The van der Waals surface area contributed by atoms with Crippen LogP contribution in [0.15, 0.2) is 60.8 Å². The van der Waals surface area contributed by atoms with E-state index in [4.69, 9.17) is 14.2 Å². The van der Waals surface area contributed by atoms with Crippen molar-refractivity contribution in [2.75, 3.05) is 13.2 Å². The minimum absolute atomic E-state index is 0.0785. The maximum Gasteiger partial charge on any atom is 0.306 e. The van der Waals surface area contributed by atoms with Crippen molar-refractivity contribution in [3.8, 4) is 0 Å². The lowest BCUT2D eigenvalue weighted by Crippen LogP contribution is -2.30. The number of ether oxygens (including phenoxy) is 3. The third kappa shape index (κ3) is 62.0. The van der Waals surface area contributed by atoms with E-state index in [1.165, 1.54) is 225 Å². The quantitative estimate of drug-likeness (QED) is 0.0261. The van der Waals surface area contributed by atoms with Crippen LogP contribution in [0, 0.1) is 0 Å². The maximum atomic E-state index is 12.9. The van der Waals surface area contributed by atoms with Crippen LogP contribution in [0.4, 0.5) is 0 Å². The summed E-state index contributed by atoms with van der Waals surface area (Å²) in [5.74, 6) is -0.876. The van der Waals surface area contributed by atoms with Gasteiger partial charge in [-0.1, -0.05) is 281 Å². The van der Waals surface area contributed by atoms with Crippen molar-refractivity contribution in [2.45, 2.75) is 354 Å². The molecule has 76 heavy (non-hydrogen) atoms. The number of hydrogen-bond acceptors (Lipinski definition) is 6. The molecule has 0 bridgehead atoms. The van der Waals surface area contributed by atoms with Gasteiger partial charge in [0.1, 0.15) is 13.2 Å². The molecule has 1 unspecified atom stereocenters. The Bertz CT molecular complexity index is 1360. The van der Waals surface area contributed by atoms with Gasteiger partial charge in [0.15, 0.2) is 6.10 Å². The SMILES string of the molecule is CCCCC/C=C\C/C=C\CCCCCCCCCC(=O)OCC(COC(=O)CCCCCCCCCCCCC/C=C\CCCCCCCCCC)OC(=O)CCCCCCCCC/C=C\C/C=C\CCCCCC. The highest BCUT2D eigenvalue weighted by Crippen LogP contribution is 2.17. The van der Waals surface area contributed by atoms with Gasteiger partial charge in [0.25, 0.3) is 0 Å². The lowest BCUT2D eigenvalue weighted by Gasteiger charge is -2.18. The second kappa shape index (κ2) is 64.6. The van der Waals surface area contributed by atoms with Crippen molar-refractivity contribution < 1.29 is 28.6 Å². The summed E-state index contributed by atoms with van der Waals surface area (Å²) in [6.07, 6.45) is 82.2. The summed E-state index contributed by atoms with van der Waals surface area (Å²) in [7, 11) is 0. The zero-order valence-electron chi connectivity index (χ0n) is 50.8. The summed E-state index contributed by atoms with van der Waals surface area (Å²) in [5, 5.41) is 0. The normalized spacial score (nSPS) is 12.4. The lowest BCUT2D eigenvalue weighted by molar-refractivity contribution is -0.167. The zero-order valence-corrected chi connectivity index (χ0v) is 50.8. The van der Waals surface area contributed by atoms with Crippen molar-refractivity contribution in [1.82, 2.24) is 0 Å². The zero-order chi connectivity index (χ0) is 55.0. The summed E-state index contributed by atoms with van der Waals surface area (Å²) in [6.45, 7) is 6.63. The summed E-state index contributed by atoms with van der Waals surface area (Å²) in [6, 6.07) is 0. The Morgan fingerprint density at radius 2 is 0.474 bits per heavy atom. The van der Waals surface area contributed by atoms with E-state index in [9.17, 15) is 14.4 Å². The Kier molecular flexibility index (Phi) is 62.2. The Labute approximate surface area is 472 Å². The average Bonchev–Trinajstić information content (AvgIpc) is 3.42. The minimum atomic E-state index is -0.783. The van der Waals surface area contributed by atoms with E-state index in [0.29, 0.717) is 19.3 Å². The first-order valence-corrected chi connectivity index (χ1v) is 33.3. The summed E-state index contributed by atoms with van der Waals surface area (Å²) >= 11 is 0. The van der Waals surface area contributed by atoms with Gasteiger partial charge in [-0.15, -0.1) is 0 Å². The van der Waals surface area contributed by atoms with Gasteiger partial charge in [0.05, 0.1) is 0 Å². The Hall–Kier alpha value is -2.89. The first-order valence-electron chi connectivity index (χ1n) is 33.3. The lowest BCUT2D eigenvalue weighted by atomic mass is 10.0. The van der Waals surface area contributed by atoms with Crippen LogP contribution in [-0.4, -0.2) is 37.2 Å². The van der Waals surface area contributed by atoms with Crippen molar-refractivity contribution in [3.63, 3.8) is 0 Å². The van der Waals surface area contributed by atoms with Gasteiger partial charge in [0.2, 0.25) is 0 Å². The van der Waals surface area contributed by atoms with Crippen molar-refractivity contribution >= 4 is 17.9 Å². The van der Waals surface area contributed by atoms with E-state index in [-0.39, 0.29) is 31.1 Å². The molecule has 0 N–H and O–H groups in total. The molecule has 0 aromatic rings. The number of rotatable bonds is 61. The molecule has 0 amide bonds. The van der Waals surface area contributed by atoms with E-state index < -0.39 is 6.10 Å². The third-order valence-corrected chi connectivity index (χ3v) is 14.7. The molecule has 0 aliphatic heterocycles. The van der Waals surface area contributed by atoms with Gasteiger partial charge in [-0.05, 0) is 109 Å². The molecular formula is C70H126O6. The summed E-state index contributed by atoms with van der Waals surface area (Å²) in [4.78, 5) is 38.4. The molecule has 0 radical (unpaired) electrons. The molecule has 0 aliphatic rings. The number of unbranched alkanes of at least 4 members (excludes halogenated alkanes) is 40. The Morgan fingerprint density at radius 1 is 0.263 bits per heavy atom. The van der Waals surface area contributed by atoms with Crippen LogP contribution in [0.25, 0.3) is 0 Å². The first kappa shape index (κ1) is 73.1. The predicted octanol–water partition coefficient (Wildman–Crippen LogP) is 22.7. The summed E-state index contributed by atoms with van der Waals surface area (Å²) in [5.41, 5.74) is 0. The number of carbonyl (C=O) groups is 3. The van der Waals surface area contributed by atoms with Gasteiger partial charge in [0, 0.05) is 19.3 Å². The van der Waals surface area contributed by atoms with Crippen LogP contribution < -0.4 is 0 Å². The van der Waals surface area contributed by atoms with E-state index in [0.717, 1.165) is 83.5 Å². The molecule has 1 atom stereocenters. The van der Waals surface area contributed by atoms with Crippen LogP contribution in [0.3, 0.4) is 0 Å². The standard InChI is InChI=1S/C70H126O6/c1-4-7-10-13-16-19-22-25-28-31-33-34-35-36-37-40-42-45-48-51-54-57-60-63-69(72)75-66-67(65-74-68(71)62-59-56-53-50-47-44-41-38-30-27-24-21-18-15-12-9-6-3)76-70(73)64-61-58-55-52-49-46-43-39-32-29-26-23-20-17-14-11-8-5-2/h18,20-21,23,27,29-33,67H,4-17,19,22,24-26,28,34-66H2,1-3H3/b21-18-,23-20-,30-27-,32-29-,33-31-. The van der Waals surface area contributed by atoms with Gasteiger partial charge >= 0.3 is 17.9 Å². The molecule has 0 rings (SSSR count). The van der Waals surface area contributed by atoms with Gasteiger partial charge in [-0.25, -0.2) is 0 Å². The van der Waals surface area contributed by atoms with E-state index in [1.807, 2.05) is 0 Å². The smallest absolute Gasteiger partial charge is 0.306 e. The summed E-state index contributed by atoms with van der Waals surface area (Å²) < 4.78 is 17.0. The second-order valence-electron chi connectivity index (χ2n) is 22.4. The molecule has 0 aliphatic carbocycles. The molecular weight excluding hydrogens is 937 g/mol. The molecule has 0 fully saturated rings. The second-order valence-corrected chi connectivity index (χ2v) is 22.4. The fourth-order valence-electron chi connectivity index (χ4n) is 9.68. The number of hydrogen-bond donors (Lipinski definition) is 0. The molecule has 442 valence electrons. The Balaban J connectivity index is 4.35. The van der Waals surface area contributed by atoms with Crippen molar-refractivity contribution in [2.24, 2.45) is 0 Å². The van der Waals surface area contributed by atoms with Crippen LogP contribution in [0.2, 0.25) is 0 Å². The number of allylic oxidation sites excluding steroid dienone is 10. The Morgan fingerprint density at radius 3 is 0.776 bits per heavy atom. The molecule has 6 nitrogen and oxygen atoms in total. The van der Waals surface area contributed by atoms with Crippen LogP contribution in [0.5, 0.6) is 0 Å². The third-order valence-electron chi connectivity index (χ3n) is 14.7. The fourth-order valence-corrected chi connectivity index (χ4v) is 9.68. The fraction of sp³-hybridized carbons (Fsp3) is 0.814. The molecule has 0 aromatic heterocycles. The van der Waals surface area contributed by atoms with E-state index >= 15 is 0 Å². The highest BCUT2D eigenvalue weighted by atomic mass is 16.6. The first-order chi connectivity index (χ1) is 37.5. The minimum Gasteiger partial charge on any atom is -0.462 e. The highest BCUT2D eigenvalue weighted by molar-refractivity contribution is 5.71.